The summed E-state index contributed by atoms with van der Waals surface area (Å²) < 4.78 is 13.8. The van der Waals surface area contributed by atoms with Gasteiger partial charge in [-0.1, -0.05) is 12.1 Å². The fourth-order valence-corrected chi connectivity index (χ4v) is 2.26. The van der Waals surface area contributed by atoms with Gasteiger partial charge in [0.15, 0.2) is 5.82 Å². The lowest BCUT2D eigenvalue weighted by Gasteiger charge is -2.36. The van der Waals surface area contributed by atoms with E-state index in [0.717, 1.165) is 0 Å². The van der Waals surface area contributed by atoms with Crippen molar-refractivity contribution in [3.63, 3.8) is 0 Å². The molecule has 1 aromatic carbocycles. The molecule has 0 unspecified atom stereocenters. The summed E-state index contributed by atoms with van der Waals surface area (Å²) in [6.07, 6.45) is 0. The Bertz CT molecular complexity index is 545. The van der Waals surface area contributed by atoms with Gasteiger partial charge >= 0.3 is 11.8 Å². The number of nitrogen functional groups attached to an aromatic ring is 1. The van der Waals surface area contributed by atoms with E-state index in [-0.39, 0.29) is 18.3 Å². The first-order valence-electron chi connectivity index (χ1n) is 6.54. The molecule has 20 heavy (non-hydrogen) atoms. The summed E-state index contributed by atoms with van der Waals surface area (Å²) in [5, 5.41) is 0. The normalized spacial score (nSPS) is 16.2. The molecule has 1 aromatic rings. The van der Waals surface area contributed by atoms with Crippen molar-refractivity contribution in [2.24, 2.45) is 0 Å². The van der Waals surface area contributed by atoms with Gasteiger partial charge in [0.1, 0.15) is 0 Å². The summed E-state index contributed by atoms with van der Waals surface area (Å²) in [6.45, 7) is 4.65. The van der Waals surface area contributed by atoms with Gasteiger partial charge in [0.2, 0.25) is 0 Å². The maximum Gasteiger partial charge on any atom is 0.312 e. The summed E-state index contributed by atoms with van der Waals surface area (Å²) >= 11 is 0. The number of anilines is 1. The minimum Gasteiger partial charge on any atom is -0.396 e. The van der Waals surface area contributed by atoms with Crippen molar-refractivity contribution in [2.45, 2.75) is 26.4 Å². The number of piperazine rings is 1. The SMILES string of the molecule is CC(C)N1CCN(Cc2cccc(N)c2F)C(=O)C1=O. The van der Waals surface area contributed by atoms with Crippen molar-refractivity contribution < 1.29 is 14.0 Å². The van der Waals surface area contributed by atoms with Crippen molar-refractivity contribution in [1.82, 2.24) is 9.80 Å². The highest BCUT2D eigenvalue weighted by Crippen LogP contribution is 2.18. The monoisotopic (exact) mass is 279 g/mol. The van der Waals surface area contributed by atoms with Crippen molar-refractivity contribution in [1.29, 1.82) is 0 Å². The van der Waals surface area contributed by atoms with E-state index in [4.69, 9.17) is 5.73 Å². The Morgan fingerprint density at radius 3 is 2.60 bits per heavy atom. The first kappa shape index (κ1) is 14.3. The number of rotatable bonds is 3. The molecule has 0 radical (unpaired) electrons. The van der Waals surface area contributed by atoms with Crippen LogP contribution in [0.5, 0.6) is 0 Å². The average molecular weight is 279 g/mol. The molecule has 0 bridgehead atoms. The first-order valence-corrected chi connectivity index (χ1v) is 6.54. The Labute approximate surface area is 117 Å². The number of amides is 2. The Morgan fingerprint density at radius 2 is 1.95 bits per heavy atom. The van der Waals surface area contributed by atoms with E-state index in [0.29, 0.717) is 18.7 Å². The molecule has 2 rings (SSSR count). The van der Waals surface area contributed by atoms with Gasteiger partial charge in [0.25, 0.3) is 0 Å². The zero-order valence-corrected chi connectivity index (χ0v) is 11.6. The zero-order valence-electron chi connectivity index (χ0n) is 11.6. The predicted molar refractivity (Wildman–Crippen MR) is 73.1 cm³/mol. The minimum absolute atomic E-state index is 0.0160. The van der Waals surface area contributed by atoms with Crippen LogP contribution in [-0.4, -0.2) is 40.7 Å². The Balaban J connectivity index is 2.14. The van der Waals surface area contributed by atoms with Crippen molar-refractivity contribution in [2.75, 3.05) is 18.8 Å². The van der Waals surface area contributed by atoms with E-state index in [1.54, 1.807) is 12.1 Å². The van der Waals surface area contributed by atoms with Crippen LogP contribution in [0.3, 0.4) is 0 Å². The van der Waals surface area contributed by atoms with Crippen LogP contribution < -0.4 is 5.73 Å². The van der Waals surface area contributed by atoms with E-state index in [2.05, 4.69) is 0 Å². The molecule has 2 amide bonds. The summed E-state index contributed by atoms with van der Waals surface area (Å²) in [4.78, 5) is 26.8. The van der Waals surface area contributed by atoms with E-state index < -0.39 is 17.6 Å². The Kier molecular flexibility index (Phi) is 3.92. The number of carbonyl (C=O) groups excluding carboxylic acids is 2. The van der Waals surface area contributed by atoms with Gasteiger partial charge in [-0.2, -0.15) is 0 Å². The van der Waals surface area contributed by atoms with Crippen LogP contribution in [0, 0.1) is 5.82 Å². The van der Waals surface area contributed by atoms with Crippen LogP contribution >= 0.6 is 0 Å². The van der Waals surface area contributed by atoms with Gasteiger partial charge in [0, 0.05) is 31.2 Å². The smallest absolute Gasteiger partial charge is 0.312 e. The molecule has 0 aromatic heterocycles. The Morgan fingerprint density at radius 1 is 1.25 bits per heavy atom. The molecule has 0 aliphatic carbocycles. The molecule has 0 saturated carbocycles. The molecule has 6 heteroatoms. The molecule has 2 N–H and O–H groups in total. The molecule has 0 spiro atoms. The molecule has 1 fully saturated rings. The second-order valence-electron chi connectivity index (χ2n) is 5.14. The number of nitrogens with zero attached hydrogens (tertiary/aromatic N) is 2. The molecule has 1 saturated heterocycles. The van der Waals surface area contributed by atoms with Crippen LogP contribution in [0.2, 0.25) is 0 Å². The third-order valence-corrected chi connectivity index (χ3v) is 3.43. The molecule has 5 nitrogen and oxygen atoms in total. The van der Waals surface area contributed by atoms with Crippen molar-refractivity contribution in [3.05, 3.63) is 29.6 Å². The first-order chi connectivity index (χ1) is 9.41. The number of carbonyl (C=O) groups is 2. The number of halogens is 1. The predicted octanol–water partition coefficient (Wildman–Crippen LogP) is 0.987. The molecule has 1 aliphatic rings. The van der Waals surface area contributed by atoms with Crippen LogP contribution in [0.15, 0.2) is 18.2 Å². The van der Waals surface area contributed by atoms with E-state index in [1.807, 2.05) is 13.8 Å². The summed E-state index contributed by atoms with van der Waals surface area (Å²) in [6, 6.07) is 4.64. The fourth-order valence-electron chi connectivity index (χ4n) is 2.26. The van der Waals surface area contributed by atoms with Crippen LogP contribution in [-0.2, 0) is 16.1 Å². The van der Waals surface area contributed by atoms with Gasteiger partial charge in [-0.3, -0.25) is 9.59 Å². The maximum atomic E-state index is 13.8. The lowest BCUT2D eigenvalue weighted by atomic mass is 10.1. The van der Waals surface area contributed by atoms with Crippen LogP contribution in [0.4, 0.5) is 10.1 Å². The lowest BCUT2D eigenvalue weighted by Crippen LogP contribution is -2.55. The quantitative estimate of drug-likeness (QED) is 0.662. The Hall–Kier alpha value is -2.11. The third-order valence-electron chi connectivity index (χ3n) is 3.43. The van der Waals surface area contributed by atoms with Crippen LogP contribution in [0.25, 0.3) is 0 Å². The number of hydrogen-bond donors (Lipinski definition) is 1. The van der Waals surface area contributed by atoms with E-state index >= 15 is 0 Å². The van der Waals surface area contributed by atoms with Gasteiger partial charge in [0.05, 0.1) is 5.69 Å². The van der Waals surface area contributed by atoms with Crippen molar-refractivity contribution >= 4 is 17.5 Å². The van der Waals surface area contributed by atoms with E-state index in [9.17, 15) is 14.0 Å². The van der Waals surface area contributed by atoms with Crippen molar-refractivity contribution in [3.8, 4) is 0 Å². The highest BCUT2D eigenvalue weighted by atomic mass is 19.1. The molecule has 1 heterocycles. The fraction of sp³-hybridized carbons (Fsp3) is 0.429. The highest BCUT2D eigenvalue weighted by molar-refractivity contribution is 6.35. The summed E-state index contributed by atoms with van der Waals surface area (Å²) in [5.41, 5.74) is 5.86. The standard InChI is InChI=1S/C14H18FN3O2/c1-9(2)18-7-6-17(13(19)14(18)20)8-10-4-3-5-11(16)12(10)15/h3-5,9H,6-8,16H2,1-2H3. The lowest BCUT2D eigenvalue weighted by molar-refractivity contribution is -0.157. The molecular weight excluding hydrogens is 261 g/mol. The second-order valence-corrected chi connectivity index (χ2v) is 5.14. The molecule has 1 aliphatic heterocycles. The number of benzene rings is 1. The molecule has 108 valence electrons. The minimum atomic E-state index is -0.591. The topological polar surface area (TPSA) is 66.6 Å². The molecular formula is C14H18FN3O2. The second kappa shape index (κ2) is 5.48. The van der Waals surface area contributed by atoms with E-state index in [1.165, 1.54) is 15.9 Å². The largest absolute Gasteiger partial charge is 0.396 e. The van der Waals surface area contributed by atoms with Gasteiger partial charge < -0.3 is 15.5 Å². The average Bonchev–Trinajstić information content (AvgIpc) is 2.40. The number of hydrogen-bond acceptors (Lipinski definition) is 3. The van der Waals surface area contributed by atoms with Crippen LogP contribution in [0.1, 0.15) is 19.4 Å². The summed E-state index contributed by atoms with van der Waals surface area (Å²) in [5.74, 6) is -1.65. The maximum absolute atomic E-state index is 13.8. The van der Waals surface area contributed by atoms with Gasteiger partial charge in [-0.05, 0) is 19.9 Å². The summed E-state index contributed by atoms with van der Waals surface area (Å²) in [7, 11) is 0. The molecule has 0 atom stereocenters. The zero-order chi connectivity index (χ0) is 14.9. The van der Waals surface area contributed by atoms with Gasteiger partial charge in [-0.25, -0.2) is 4.39 Å². The third kappa shape index (κ3) is 2.59. The highest BCUT2D eigenvalue weighted by Gasteiger charge is 2.33. The number of nitrogens with two attached hydrogens (primary N) is 1. The van der Waals surface area contributed by atoms with Gasteiger partial charge in [-0.15, -0.1) is 0 Å².